The van der Waals surface area contributed by atoms with E-state index in [2.05, 4.69) is 7.05 Å². The van der Waals surface area contributed by atoms with Crippen LogP contribution in [0.15, 0.2) is 0 Å². The van der Waals surface area contributed by atoms with Gasteiger partial charge in [0.05, 0.1) is 39.7 Å². The molecule has 0 N–H and O–H groups in total. The van der Waals surface area contributed by atoms with E-state index in [0.29, 0.717) is 13.0 Å². The SMILES string of the molecule is CCOC(=O)CC[N+]1(C)CCCCC1.[I-]. The first-order valence-corrected chi connectivity index (χ1v) is 5.65. The topological polar surface area (TPSA) is 26.3 Å². The number of quaternary nitrogens is 1. The van der Waals surface area contributed by atoms with E-state index < -0.39 is 0 Å². The molecule has 90 valence electrons. The molecule has 15 heavy (non-hydrogen) atoms. The van der Waals surface area contributed by atoms with E-state index in [0.717, 1.165) is 11.0 Å². The molecule has 1 heterocycles. The molecule has 0 aliphatic carbocycles. The lowest BCUT2D eigenvalue weighted by molar-refractivity contribution is -0.913. The largest absolute Gasteiger partial charge is 1.00 e. The summed E-state index contributed by atoms with van der Waals surface area (Å²) in [5.74, 6) is -0.0441. The average molecular weight is 327 g/mol. The van der Waals surface area contributed by atoms with E-state index in [1.807, 2.05) is 6.92 Å². The van der Waals surface area contributed by atoms with Gasteiger partial charge in [0, 0.05) is 0 Å². The lowest BCUT2D eigenvalue weighted by Gasteiger charge is -2.37. The minimum absolute atomic E-state index is 0. The predicted octanol–water partition coefficient (Wildman–Crippen LogP) is -1.43. The number of hydrogen-bond donors (Lipinski definition) is 0. The Morgan fingerprint density at radius 2 is 1.87 bits per heavy atom. The zero-order valence-electron chi connectivity index (χ0n) is 9.80. The maximum Gasteiger partial charge on any atom is 0.311 e. The minimum atomic E-state index is -0.0441. The van der Waals surface area contributed by atoms with Crippen LogP contribution in [0, 0.1) is 0 Å². The van der Waals surface area contributed by atoms with Gasteiger partial charge in [0.15, 0.2) is 0 Å². The highest BCUT2D eigenvalue weighted by molar-refractivity contribution is 5.69. The Bertz CT molecular complexity index is 191. The van der Waals surface area contributed by atoms with Crippen LogP contribution in [0.1, 0.15) is 32.6 Å². The second-order valence-electron chi connectivity index (χ2n) is 4.41. The molecule has 1 rings (SSSR count). The van der Waals surface area contributed by atoms with E-state index in [9.17, 15) is 4.79 Å². The number of ether oxygens (including phenoxy) is 1. The molecule has 0 saturated carbocycles. The van der Waals surface area contributed by atoms with Crippen molar-refractivity contribution in [1.82, 2.24) is 0 Å². The average Bonchev–Trinajstić information content (AvgIpc) is 2.17. The Morgan fingerprint density at radius 3 is 2.40 bits per heavy atom. The van der Waals surface area contributed by atoms with E-state index in [4.69, 9.17) is 4.74 Å². The summed E-state index contributed by atoms with van der Waals surface area (Å²) in [4.78, 5) is 11.2. The zero-order chi connectivity index (χ0) is 10.4. The number of carbonyl (C=O) groups is 1. The van der Waals surface area contributed by atoms with Gasteiger partial charge in [0.1, 0.15) is 0 Å². The monoisotopic (exact) mass is 327 g/mol. The highest BCUT2D eigenvalue weighted by atomic mass is 127. The van der Waals surface area contributed by atoms with Gasteiger partial charge in [-0.15, -0.1) is 0 Å². The number of nitrogens with zero attached hydrogens (tertiary/aromatic N) is 1. The first-order valence-electron chi connectivity index (χ1n) is 5.65. The van der Waals surface area contributed by atoms with E-state index in [-0.39, 0.29) is 29.9 Å². The molecule has 0 aromatic heterocycles. The van der Waals surface area contributed by atoms with Gasteiger partial charge in [-0.1, -0.05) is 0 Å². The second-order valence-corrected chi connectivity index (χ2v) is 4.41. The molecule has 3 nitrogen and oxygen atoms in total. The molecule has 0 atom stereocenters. The quantitative estimate of drug-likeness (QED) is 0.360. The first kappa shape index (κ1) is 15.2. The lowest BCUT2D eigenvalue weighted by Crippen LogP contribution is -3.00. The fourth-order valence-electron chi connectivity index (χ4n) is 2.09. The first-order chi connectivity index (χ1) is 6.66. The second kappa shape index (κ2) is 7.44. The van der Waals surface area contributed by atoms with Gasteiger partial charge in [-0.3, -0.25) is 4.79 Å². The van der Waals surface area contributed by atoms with Crippen LogP contribution in [0.4, 0.5) is 0 Å². The van der Waals surface area contributed by atoms with Crippen LogP contribution in [0.5, 0.6) is 0 Å². The Balaban J connectivity index is 0.00000196. The Kier molecular flexibility index (Phi) is 7.52. The van der Waals surface area contributed by atoms with Gasteiger partial charge in [0.25, 0.3) is 0 Å². The highest BCUT2D eigenvalue weighted by Gasteiger charge is 2.25. The third-order valence-corrected chi connectivity index (χ3v) is 3.06. The van der Waals surface area contributed by atoms with Crippen molar-refractivity contribution < 1.29 is 38.0 Å². The van der Waals surface area contributed by atoms with E-state index >= 15 is 0 Å². The summed E-state index contributed by atoms with van der Waals surface area (Å²) >= 11 is 0. The number of rotatable bonds is 4. The molecule has 1 fully saturated rings. The predicted molar refractivity (Wildman–Crippen MR) is 55.9 cm³/mol. The van der Waals surface area contributed by atoms with Crippen LogP contribution in [-0.2, 0) is 9.53 Å². The minimum Gasteiger partial charge on any atom is -1.00 e. The summed E-state index contributed by atoms with van der Waals surface area (Å²) in [5, 5.41) is 0. The number of likely N-dealkylation sites (tertiary alicyclic amines) is 1. The fraction of sp³-hybridized carbons (Fsp3) is 0.909. The van der Waals surface area contributed by atoms with Crippen LogP contribution in [0.2, 0.25) is 0 Å². The van der Waals surface area contributed by atoms with Crippen molar-refractivity contribution in [1.29, 1.82) is 0 Å². The van der Waals surface area contributed by atoms with E-state index in [1.54, 1.807) is 0 Å². The Hall–Kier alpha value is 0.160. The maximum atomic E-state index is 11.2. The van der Waals surface area contributed by atoms with Gasteiger partial charge >= 0.3 is 5.97 Å². The van der Waals surface area contributed by atoms with Crippen molar-refractivity contribution >= 4 is 5.97 Å². The molecule has 0 aromatic rings. The smallest absolute Gasteiger partial charge is 0.311 e. The molecule has 0 unspecified atom stereocenters. The molecule has 4 heteroatoms. The van der Waals surface area contributed by atoms with Crippen LogP contribution >= 0.6 is 0 Å². The summed E-state index contributed by atoms with van der Waals surface area (Å²) in [7, 11) is 2.25. The fourth-order valence-corrected chi connectivity index (χ4v) is 2.09. The zero-order valence-corrected chi connectivity index (χ0v) is 12.0. The molecule has 1 aliphatic heterocycles. The number of halogens is 1. The van der Waals surface area contributed by atoms with Gasteiger partial charge in [-0.2, -0.15) is 0 Å². The number of esters is 1. The van der Waals surface area contributed by atoms with Gasteiger partial charge < -0.3 is 33.2 Å². The summed E-state index contributed by atoms with van der Waals surface area (Å²) in [6, 6.07) is 0. The Morgan fingerprint density at radius 1 is 1.27 bits per heavy atom. The van der Waals surface area contributed by atoms with E-state index in [1.165, 1.54) is 32.4 Å². The van der Waals surface area contributed by atoms with Gasteiger partial charge in [-0.05, 0) is 26.2 Å². The standard InChI is InChI=1S/C11H22NO2.HI/c1-3-14-11(13)7-10-12(2)8-5-4-6-9-12;/h3-10H2,1-2H3;1H/q+1;/p-1. The number of carbonyl (C=O) groups excluding carboxylic acids is 1. The molecule has 0 spiro atoms. The molecule has 0 radical (unpaired) electrons. The van der Waals surface area contributed by atoms with Gasteiger partial charge in [0.2, 0.25) is 0 Å². The molecular weight excluding hydrogens is 305 g/mol. The van der Waals surface area contributed by atoms with Crippen molar-refractivity contribution in [3.63, 3.8) is 0 Å². The summed E-state index contributed by atoms with van der Waals surface area (Å²) in [6.45, 7) is 5.75. The van der Waals surface area contributed by atoms with Crippen molar-refractivity contribution in [3.8, 4) is 0 Å². The Labute approximate surface area is 110 Å². The normalized spacial score (nSPS) is 19.1. The number of piperidine rings is 1. The van der Waals surface area contributed by atoms with Crippen LogP contribution < -0.4 is 24.0 Å². The highest BCUT2D eigenvalue weighted by Crippen LogP contribution is 2.16. The molecule has 0 aromatic carbocycles. The summed E-state index contributed by atoms with van der Waals surface area (Å²) < 4.78 is 5.98. The van der Waals surface area contributed by atoms with Crippen molar-refractivity contribution in [2.75, 3.05) is 33.3 Å². The third-order valence-electron chi connectivity index (χ3n) is 3.06. The molecule has 1 saturated heterocycles. The maximum absolute atomic E-state index is 11.2. The number of hydrogen-bond acceptors (Lipinski definition) is 2. The third kappa shape index (κ3) is 5.70. The van der Waals surface area contributed by atoms with Crippen molar-refractivity contribution in [2.24, 2.45) is 0 Å². The van der Waals surface area contributed by atoms with Crippen LogP contribution in [0.25, 0.3) is 0 Å². The van der Waals surface area contributed by atoms with Crippen LogP contribution in [0.3, 0.4) is 0 Å². The van der Waals surface area contributed by atoms with Gasteiger partial charge in [-0.25, -0.2) is 0 Å². The van der Waals surface area contributed by atoms with Crippen molar-refractivity contribution in [2.45, 2.75) is 32.6 Å². The molecule has 0 amide bonds. The molecular formula is C11H22INO2. The molecule has 1 aliphatic rings. The molecule has 0 bridgehead atoms. The lowest BCUT2D eigenvalue weighted by atomic mass is 10.1. The van der Waals surface area contributed by atoms with Crippen LogP contribution in [-0.4, -0.2) is 43.7 Å². The summed E-state index contributed by atoms with van der Waals surface area (Å²) in [6.07, 6.45) is 4.54. The van der Waals surface area contributed by atoms with Crippen molar-refractivity contribution in [3.05, 3.63) is 0 Å². The summed E-state index contributed by atoms with van der Waals surface area (Å²) in [5.41, 5.74) is 0.